The monoisotopic (exact) mass is 159 g/mol. The standard InChI is InChI=1S/C7H15N.C2H6.CH4/c1-2-8-6-4-3-5-7-8;1-2;/h2-7H2,1H3;1-2H3;1H4. The van der Waals surface area contributed by atoms with Crippen molar-refractivity contribution in [1.82, 2.24) is 4.90 Å². The highest BCUT2D eigenvalue weighted by atomic mass is 15.1. The van der Waals surface area contributed by atoms with Crippen LogP contribution in [-0.2, 0) is 0 Å². The molecule has 1 nitrogen and oxygen atoms in total. The highest BCUT2D eigenvalue weighted by Crippen LogP contribution is 2.06. The van der Waals surface area contributed by atoms with E-state index in [1.165, 1.54) is 38.9 Å². The summed E-state index contributed by atoms with van der Waals surface area (Å²) >= 11 is 0. The van der Waals surface area contributed by atoms with Crippen molar-refractivity contribution < 1.29 is 0 Å². The van der Waals surface area contributed by atoms with Gasteiger partial charge in [-0.05, 0) is 32.5 Å². The predicted octanol–water partition coefficient (Wildman–Crippen LogP) is 3.15. The van der Waals surface area contributed by atoms with E-state index in [0.717, 1.165) is 0 Å². The van der Waals surface area contributed by atoms with Gasteiger partial charge >= 0.3 is 0 Å². The zero-order valence-corrected chi connectivity index (χ0v) is 7.69. The molecule has 11 heavy (non-hydrogen) atoms. The fourth-order valence-corrected chi connectivity index (χ4v) is 1.28. The average molecular weight is 159 g/mol. The summed E-state index contributed by atoms with van der Waals surface area (Å²) in [5, 5.41) is 0. The molecule has 0 aromatic carbocycles. The summed E-state index contributed by atoms with van der Waals surface area (Å²) in [5.74, 6) is 0. The third-order valence-electron chi connectivity index (χ3n) is 1.90. The second kappa shape index (κ2) is 9.96. The number of nitrogens with zero attached hydrogens (tertiary/aromatic N) is 1. The Morgan fingerprint density at radius 2 is 1.45 bits per heavy atom. The molecule has 1 aliphatic rings. The van der Waals surface area contributed by atoms with Crippen molar-refractivity contribution in [3.8, 4) is 0 Å². The maximum atomic E-state index is 2.52. The molecule has 0 amide bonds. The van der Waals surface area contributed by atoms with Crippen molar-refractivity contribution in [2.75, 3.05) is 19.6 Å². The zero-order valence-electron chi connectivity index (χ0n) is 7.69. The fraction of sp³-hybridized carbons (Fsp3) is 1.00. The lowest BCUT2D eigenvalue weighted by Crippen LogP contribution is -2.29. The second-order valence-electron chi connectivity index (χ2n) is 2.49. The molecule has 1 heterocycles. The van der Waals surface area contributed by atoms with Gasteiger partial charge in [-0.15, -0.1) is 0 Å². The molecule has 1 aliphatic heterocycles. The molecule has 0 saturated carbocycles. The minimum absolute atomic E-state index is 0. The first kappa shape index (κ1) is 13.5. The fourth-order valence-electron chi connectivity index (χ4n) is 1.28. The van der Waals surface area contributed by atoms with Gasteiger partial charge < -0.3 is 4.90 Å². The van der Waals surface area contributed by atoms with Crippen molar-refractivity contribution in [3.05, 3.63) is 0 Å². The first-order chi connectivity index (χ1) is 4.93. The van der Waals surface area contributed by atoms with Crippen LogP contribution in [0.3, 0.4) is 0 Å². The molecule has 0 bridgehead atoms. The Labute approximate surface area is 72.8 Å². The first-order valence-electron chi connectivity index (χ1n) is 4.66. The lowest BCUT2D eigenvalue weighted by molar-refractivity contribution is 0.240. The van der Waals surface area contributed by atoms with Crippen LogP contribution in [0.5, 0.6) is 0 Å². The summed E-state index contributed by atoms with van der Waals surface area (Å²) in [5.41, 5.74) is 0. The van der Waals surface area contributed by atoms with Gasteiger partial charge in [0.2, 0.25) is 0 Å². The molecule has 0 aliphatic carbocycles. The summed E-state index contributed by atoms with van der Waals surface area (Å²) in [7, 11) is 0. The van der Waals surface area contributed by atoms with E-state index in [4.69, 9.17) is 0 Å². The van der Waals surface area contributed by atoms with E-state index < -0.39 is 0 Å². The summed E-state index contributed by atoms with van der Waals surface area (Å²) in [6.45, 7) is 10.2. The molecule has 0 spiro atoms. The highest BCUT2D eigenvalue weighted by Gasteiger charge is 2.05. The molecule has 0 unspecified atom stereocenters. The Hall–Kier alpha value is -0.0400. The van der Waals surface area contributed by atoms with Crippen molar-refractivity contribution >= 4 is 0 Å². The van der Waals surface area contributed by atoms with Crippen molar-refractivity contribution in [3.63, 3.8) is 0 Å². The van der Waals surface area contributed by atoms with Crippen LogP contribution >= 0.6 is 0 Å². The minimum atomic E-state index is 0. The molecular formula is C10H25N. The van der Waals surface area contributed by atoms with Gasteiger partial charge in [-0.3, -0.25) is 0 Å². The first-order valence-corrected chi connectivity index (χ1v) is 4.66. The third-order valence-corrected chi connectivity index (χ3v) is 1.90. The van der Waals surface area contributed by atoms with Gasteiger partial charge in [0.1, 0.15) is 0 Å². The molecule has 1 fully saturated rings. The molecule has 1 rings (SSSR count). The van der Waals surface area contributed by atoms with Crippen LogP contribution in [0.15, 0.2) is 0 Å². The number of piperidine rings is 1. The van der Waals surface area contributed by atoms with Gasteiger partial charge in [0, 0.05) is 0 Å². The van der Waals surface area contributed by atoms with E-state index >= 15 is 0 Å². The Kier molecular flexibility index (Phi) is 12.3. The van der Waals surface area contributed by atoms with Gasteiger partial charge in [-0.2, -0.15) is 0 Å². The third kappa shape index (κ3) is 6.36. The van der Waals surface area contributed by atoms with Crippen molar-refractivity contribution in [1.29, 1.82) is 0 Å². The SMILES string of the molecule is C.CC.CCN1CCCCC1. The summed E-state index contributed by atoms with van der Waals surface area (Å²) < 4.78 is 0. The molecule has 0 radical (unpaired) electrons. The summed E-state index contributed by atoms with van der Waals surface area (Å²) in [6.07, 6.45) is 4.30. The lowest BCUT2D eigenvalue weighted by atomic mass is 10.1. The quantitative estimate of drug-likeness (QED) is 0.568. The molecule has 70 valence electrons. The lowest BCUT2D eigenvalue weighted by Gasteiger charge is -2.24. The molecule has 0 aromatic heterocycles. The molecule has 1 heteroatoms. The molecular weight excluding hydrogens is 134 g/mol. The molecule has 1 saturated heterocycles. The molecule has 0 atom stereocenters. The van der Waals surface area contributed by atoms with E-state index in [0.29, 0.717) is 0 Å². The Balaban J connectivity index is 0. The highest BCUT2D eigenvalue weighted by molar-refractivity contribution is 4.61. The number of hydrogen-bond acceptors (Lipinski definition) is 1. The Bertz CT molecular complexity index is 55.9. The van der Waals surface area contributed by atoms with Crippen LogP contribution in [0.4, 0.5) is 0 Å². The Morgan fingerprint density at radius 1 is 1.00 bits per heavy atom. The normalized spacial score (nSPS) is 17.7. The minimum Gasteiger partial charge on any atom is -0.304 e. The van der Waals surface area contributed by atoms with Gasteiger partial charge in [0.05, 0.1) is 0 Å². The van der Waals surface area contributed by atoms with Crippen molar-refractivity contribution in [2.45, 2.75) is 47.5 Å². The molecule has 0 N–H and O–H groups in total. The van der Waals surface area contributed by atoms with Gasteiger partial charge in [0.25, 0.3) is 0 Å². The number of rotatable bonds is 1. The van der Waals surface area contributed by atoms with Crippen LogP contribution in [0.1, 0.15) is 47.5 Å². The average Bonchev–Trinajstić information content (AvgIpc) is 2.10. The van der Waals surface area contributed by atoms with Crippen LogP contribution in [-0.4, -0.2) is 24.5 Å². The number of hydrogen-bond donors (Lipinski definition) is 0. The smallest absolute Gasteiger partial charge is 0.00188 e. The van der Waals surface area contributed by atoms with Gasteiger partial charge in [-0.25, -0.2) is 0 Å². The largest absolute Gasteiger partial charge is 0.304 e. The predicted molar refractivity (Wildman–Crippen MR) is 54.0 cm³/mol. The van der Waals surface area contributed by atoms with Crippen LogP contribution in [0.25, 0.3) is 0 Å². The number of likely N-dealkylation sites (tertiary alicyclic amines) is 1. The maximum absolute atomic E-state index is 2.52. The van der Waals surface area contributed by atoms with E-state index in [2.05, 4.69) is 11.8 Å². The van der Waals surface area contributed by atoms with Crippen LogP contribution in [0, 0.1) is 0 Å². The van der Waals surface area contributed by atoms with Crippen molar-refractivity contribution in [2.24, 2.45) is 0 Å². The summed E-state index contributed by atoms with van der Waals surface area (Å²) in [6, 6.07) is 0. The van der Waals surface area contributed by atoms with Gasteiger partial charge in [-0.1, -0.05) is 34.6 Å². The van der Waals surface area contributed by atoms with Crippen LogP contribution < -0.4 is 0 Å². The summed E-state index contributed by atoms with van der Waals surface area (Å²) in [4.78, 5) is 2.52. The van der Waals surface area contributed by atoms with E-state index in [9.17, 15) is 0 Å². The molecule has 0 aromatic rings. The maximum Gasteiger partial charge on any atom is -0.00188 e. The topological polar surface area (TPSA) is 3.24 Å². The van der Waals surface area contributed by atoms with E-state index in [1.807, 2.05) is 13.8 Å². The Morgan fingerprint density at radius 3 is 1.73 bits per heavy atom. The van der Waals surface area contributed by atoms with Crippen LogP contribution in [0.2, 0.25) is 0 Å². The zero-order chi connectivity index (χ0) is 7.82. The van der Waals surface area contributed by atoms with E-state index in [1.54, 1.807) is 0 Å². The van der Waals surface area contributed by atoms with Gasteiger partial charge in [0.15, 0.2) is 0 Å². The second-order valence-corrected chi connectivity index (χ2v) is 2.49. The van der Waals surface area contributed by atoms with E-state index in [-0.39, 0.29) is 7.43 Å².